The molecule has 0 spiro atoms. The van der Waals surface area contributed by atoms with Gasteiger partial charge in [0.1, 0.15) is 31.5 Å². The second-order valence-corrected chi connectivity index (χ2v) is 16.0. The molecule has 2 saturated heterocycles. The van der Waals surface area contributed by atoms with Crippen LogP contribution in [0.5, 0.6) is 0 Å². The molecule has 2 rings (SSSR count). The van der Waals surface area contributed by atoms with Crippen LogP contribution >= 0.6 is 11.8 Å². The summed E-state index contributed by atoms with van der Waals surface area (Å²) in [5, 5.41) is 0. The predicted molar refractivity (Wildman–Crippen MR) is 219 cm³/mol. The lowest BCUT2D eigenvalue weighted by molar-refractivity contribution is -0.360. The van der Waals surface area contributed by atoms with E-state index >= 15 is 0 Å². The Morgan fingerprint density at radius 1 is 0.508 bits per heavy atom. The first kappa shape index (κ1) is 54.8. The van der Waals surface area contributed by atoms with E-state index in [9.17, 15) is 38.4 Å². The van der Waals surface area contributed by atoms with Crippen molar-refractivity contribution in [3.8, 4) is 0 Å². The molecule has 0 bridgehead atoms. The summed E-state index contributed by atoms with van der Waals surface area (Å²) in [6, 6.07) is 0. The average Bonchev–Trinajstić information content (AvgIpc) is 3.18. The summed E-state index contributed by atoms with van der Waals surface area (Å²) in [4.78, 5) is 97.6. The van der Waals surface area contributed by atoms with E-state index in [1.54, 1.807) is 11.8 Å². The van der Waals surface area contributed by atoms with E-state index in [2.05, 4.69) is 11.3 Å². The Morgan fingerprint density at radius 2 is 0.921 bits per heavy atom. The third-order valence-electron chi connectivity index (χ3n) is 9.29. The largest absolute Gasteiger partial charge is 0.469 e. The van der Waals surface area contributed by atoms with Crippen LogP contribution < -0.4 is 0 Å². The van der Waals surface area contributed by atoms with Gasteiger partial charge in [0.25, 0.3) is 0 Å². The zero-order valence-electron chi connectivity index (χ0n) is 37.5. The van der Waals surface area contributed by atoms with Gasteiger partial charge in [-0.05, 0) is 24.2 Å². The maximum Gasteiger partial charge on any atom is 0.305 e. The van der Waals surface area contributed by atoms with Crippen LogP contribution in [0.1, 0.15) is 106 Å². The van der Waals surface area contributed by atoms with Crippen molar-refractivity contribution in [2.45, 2.75) is 168 Å². The monoisotopic (exact) mass is 920 g/mol. The molecule has 63 heavy (non-hydrogen) atoms. The topological polar surface area (TPSA) is 247 Å². The Labute approximate surface area is 372 Å². The second-order valence-electron chi connectivity index (χ2n) is 14.9. The molecular formula is C42H64O20S. The van der Waals surface area contributed by atoms with Crippen LogP contribution in [0.15, 0.2) is 12.2 Å². The fourth-order valence-electron chi connectivity index (χ4n) is 6.70. The minimum Gasteiger partial charge on any atom is -0.469 e. The number of methoxy groups -OCH3 is 1. The molecule has 358 valence electrons. The summed E-state index contributed by atoms with van der Waals surface area (Å²) >= 11 is 1.66. The van der Waals surface area contributed by atoms with E-state index in [0.717, 1.165) is 106 Å². The molecule has 0 N–H and O–H groups in total. The van der Waals surface area contributed by atoms with Crippen molar-refractivity contribution in [1.29, 1.82) is 0 Å². The van der Waals surface area contributed by atoms with E-state index in [0.29, 0.717) is 17.7 Å². The molecule has 0 unspecified atom stereocenters. The molecule has 0 aromatic rings. The molecule has 2 aliphatic heterocycles. The van der Waals surface area contributed by atoms with Crippen LogP contribution in [0.3, 0.4) is 0 Å². The highest BCUT2D eigenvalue weighted by Gasteiger charge is 2.57. The van der Waals surface area contributed by atoms with Gasteiger partial charge >= 0.3 is 47.8 Å². The zero-order valence-corrected chi connectivity index (χ0v) is 38.3. The number of hydrogen-bond donors (Lipinski definition) is 0. The molecule has 0 amide bonds. The SMILES string of the molecule is C=C(CO[C@@H]1O[C@H](COC(C)=O)[C@H](O[C@H]2O[C@H](COC(C)=O)[C@H](OC(C)=O)[C@H](OC(C)=O)[C@H]2OC(C)=O)[C@H](OC(C)=O)[C@H]1OC(C)=O)CSCCCCCCCCCCC(=O)OC. The van der Waals surface area contributed by atoms with Gasteiger partial charge in [0.15, 0.2) is 43.1 Å². The van der Waals surface area contributed by atoms with Gasteiger partial charge in [-0.3, -0.25) is 38.4 Å². The van der Waals surface area contributed by atoms with Crippen LogP contribution in [-0.2, 0) is 95.2 Å². The third-order valence-corrected chi connectivity index (χ3v) is 10.5. The minimum absolute atomic E-state index is 0.0797. The van der Waals surface area contributed by atoms with Crippen LogP contribution in [0.2, 0.25) is 0 Å². The van der Waals surface area contributed by atoms with Crippen molar-refractivity contribution in [1.82, 2.24) is 0 Å². The Hall–Kier alpha value is -4.31. The van der Waals surface area contributed by atoms with Gasteiger partial charge in [0.2, 0.25) is 0 Å². The molecule has 21 heteroatoms. The lowest BCUT2D eigenvalue weighted by Crippen LogP contribution is -2.67. The normalized spacial score (nSPS) is 25.4. The highest BCUT2D eigenvalue weighted by atomic mass is 32.2. The first-order chi connectivity index (χ1) is 29.8. The molecule has 2 fully saturated rings. The number of esters is 8. The summed E-state index contributed by atoms with van der Waals surface area (Å²) in [5.41, 5.74) is 0.661. The fourth-order valence-corrected chi connectivity index (χ4v) is 7.63. The fraction of sp³-hybridized carbons (Fsp3) is 0.762. The van der Waals surface area contributed by atoms with Crippen molar-refractivity contribution < 1.29 is 95.2 Å². The molecule has 20 nitrogen and oxygen atoms in total. The summed E-state index contributed by atoms with van der Waals surface area (Å²) in [6.45, 7) is 10.5. The van der Waals surface area contributed by atoms with Gasteiger partial charge < -0.3 is 56.8 Å². The molecule has 2 aliphatic rings. The number of hydrogen-bond acceptors (Lipinski definition) is 21. The zero-order chi connectivity index (χ0) is 47.1. The third kappa shape index (κ3) is 21.3. The lowest BCUT2D eigenvalue weighted by atomic mass is 9.96. The van der Waals surface area contributed by atoms with Crippen LogP contribution in [-0.4, -0.2) is 148 Å². The van der Waals surface area contributed by atoms with Gasteiger partial charge in [-0.1, -0.05) is 45.1 Å². The minimum atomic E-state index is -1.80. The van der Waals surface area contributed by atoms with Gasteiger partial charge in [0.05, 0.1) is 13.7 Å². The van der Waals surface area contributed by atoms with Crippen molar-refractivity contribution in [2.75, 3.05) is 38.4 Å². The molecular weight excluding hydrogens is 857 g/mol. The number of thioether (sulfide) groups is 1. The summed E-state index contributed by atoms with van der Waals surface area (Å²) in [7, 11) is 1.39. The highest BCUT2D eigenvalue weighted by molar-refractivity contribution is 7.99. The quantitative estimate of drug-likeness (QED) is 0.0494. The van der Waals surface area contributed by atoms with E-state index in [1.807, 2.05) is 0 Å². The standard InChI is InChI=1S/C42H64O20S/c1-24(23-63-19-17-15-13-11-10-12-14-16-18-34(50)51-9)20-54-41-39(58-30(7)48)38(57-29(6)47)36(33(60-41)22-53-26(3)44)62-42-40(59-31(8)49)37(56-28(5)46)35(55-27(4)45)32(61-42)21-52-25(2)43/h32-33,35-42H,1,10-23H2,2-9H3/t32-,33-,35+,36+,37+,38+,39-,40-,41-,42-/m1/s1. The first-order valence-corrected chi connectivity index (χ1v) is 22.0. The predicted octanol–water partition coefficient (Wildman–Crippen LogP) is 3.60. The van der Waals surface area contributed by atoms with Gasteiger partial charge in [-0.2, -0.15) is 11.8 Å². The number of carbonyl (C=O) groups is 8. The van der Waals surface area contributed by atoms with E-state index in [1.165, 1.54) is 7.11 Å². The van der Waals surface area contributed by atoms with Crippen LogP contribution in [0.4, 0.5) is 0 Å². The smallest absolute Gasteiger partial charge is 0.305 e. The van der Waals surface area contributed by atoms with E-state index in [4.69, 9.17) is 52.1 Å². The van der Waals surface area contributed by atoms with Crippen LogP contribution in [0.25, 0.3) is 0 Å². The number of ether oxygens (including phenoxy) is 12. The Balaban J connectivity index is 2.31. The molecule has 0 saturated carbocycles. The van der Waals surface area contributed by atoms with E-state index in [-0.39, 0.29) is 12.6 Å². The molecule has 2 heterocycles. The summed E-state index contributed by atoms with van der Waals surface area (Å²) in [6.07, 6.45) is -6.76. The summed E-state index contributed by atoms with van der Waals surface area (Å²) in [5.74, 6) is -4.60. The maximum absolute atomic E-state index is 12.7. The molecule has 0 aliphatic carbocycles. The van der Waals surface area contributed by atoms with Crippen LogP contribution in [0, 0.1) is 0 Å². The van der Waals surface area contributed by atoms with E-state index < -0.39 is 116 Å². The Kier molecular flexibility index (Phi) is 25.4. The maximum atomic E-state index is 12.7. The first-order valence-electron chi connectivity index (χ1n) is 20.8. The summed E-state index contributed by atoms with van der Waals surface area (Å²) < 4.78 is 67.7. The average molecular weight is 921 g/mol. The second kappa shape index (κ2) is 29.2. The molecule has 0 aromatic heterocycles. The molecule has 10 atom stereocenters. The Bertz CT molecular complexity index is 1540. The van der Waals surface area contributed by atoms with Crippen molar-refractivity contribution >= 4 is 59.5 Å². The van der Waals surface area contributed by atoms with Crippen molar-refractivity contribution in [3.63, 3.8) is 0 Å². The highest BCUT2D eigenvalue weighted by Crippen LogP contribution is 2.36. The van der Waals surface area contributed by atoms with Gasteiger partial charge in [-0.15, -0.1) is 0 Å². The lowest BCUT2D eigenvalue weighted by Gasteiger charge is -2.48. The Morgan fingerprint density at radius 3 is 1.41 bits per heavy atom. The van der Waals surface area contributed by atoms with Gasteiger partial charge in [-0.25, -0.2) is 0 Å². The molecule has 0 aromatic carbocycles. The van der Waals surface area contributed by atoms with Crippen molar-refractivity contribution in [2.24, 2.45) is 0 Å². The number of rotatable bonds is 27. The number of unbranched alkanes of at least 4 members (excludes halogenated alkanes) is 7. The van der Waals surface area contributed by atoms with Crippen molar-refractivity contribution in [3.05, 3.63) is 12.2 Å². The molecule has 0 radical (unpaired) electrons. The van der Waals surface area contributed by atoms with Gasteiger partial charge in [0, 0.05) is 60.6 Å². The number of carbonyl (C=O) groups excluding carboxylic acids is 8.